The smallest absolute Gasteiger partial charge is 0.115 e. The second-order valence-electron chi connectivity index (χ2n) is 5.36. The van der Waals surface area contributed by atoms with Gasteiger partial charge in [-0.25, -0.2) is 0 Å². The van der Waals surface area contributed by atoms with Gasteiger partial charge in [-0.3, -0.25) is 4.68 Å². The molecule has 0 saturated heterocycles. The largest absolute Gasteiger partial charge is 0.508 e. The van der Waals surface area contributed by atoms with Crippen LogP contribution < -0.4 is 0 Å². The third-order valence-electron chi connectivity index (χ3n) is 4.00. The fourth-order valence-corrected chi connectivity index (χ4v) is 3.08. The lowest BCUT2D eigenvalue weighted by molar-refractivity contribution is 0.474. The summed E-state index contributed by atoms with van der Waals surface area (Å²) in [5.41, 5.74) is 6.43. The first-order valence-electron chi connectivity index (χ1n) is 6.81. The van der Waals surface area contributed by atoms with Crippen molar-refractivity contribution in [3.8, 4) is 34.0 Å². The zero-order valence-corrected chi connectivity index (χ0v) is 11.5. The minimum atomic E-state index is 0.255. The Bertz CT molecular complexity index is 848. The number of hydrogen-bond donors (Lipinski definition) is 2. The van der Waals surface area contributed by atoms with Crippen LogP contribution in [0, 0.1) is 0 Å². The third kappa shape index (κ3) is 1.72. The Morgan fingerprint density at radius 2 is 1.71 bits per heavy atom. The molecular weight excluding hydrogens is 264 g/mol. The van der Waals surface area contributed by atoms with Crippen LogP contribution in [0.3, 0.4) is 0 Å². The quantitative estimate of drug-likeness (QED) is 0.562. The lowest BCUT2D eigenvalue weighted by Gasteiger charge is -2.06. The SMILES string of the molecule is Cn1nc2c(c1-c1ccc(O)cc1)Cc1cc(O)ccc1-2. The van der Waals surface area contributed by atoms with E-state index in [1.165, 1.54) is 5.56 Å². The highest BCUT2D eigenvalue weighted by atomic mass is 16.3. The molecule has 0 spiro atoms. The van der Waals surface area contributed by atoms with Crippen LogP contribution in [0.5, 0.6) is 11.5 Å². The van der Waals surface area contributed by atoms with Gasteiger partial charge in [-0.15, -0.1) is 0 Å². The Labute approximate surface area is 121 Å². The van der Waals surface area contributed by atoms with E-state index in [4.69, 9.17) is 0 Å². The van der Waals surface area contributed by atoms with Gasteiger partial charge in [0.1, 0.15) is 11.5 Å². The highest BCUT2D eigenvalue weighted by Gasteiger charge is 2.27. The lowest BCUT2D eigenvalue weighted by atomic mass is 10.1. The first-order chi connectivity index (χ1) is 10.1. The van der Waals surface area contributed by atoms with Crippen molar-refractivity contribution in [3.63, 3.8) is 0 Å². The average molecular weight is 278 g/mol. The molecule has 4 rings (SSSR count). The normalized spacial score (nSPS) is 12.2. The minimum Gasteiger partial charge on any atom is -0.508 e. The third-order valence-corrected chi connectivity index (χ3v) is 4.00. The summed E-state index contributed by atoms with van der Waals surface area (Å²) >= 11 is 0. The number of aryl methyl sites for hydroxylation is 1. The maximum absolute atomic E-state index is 9.63. The van der Waals surface area contributed by atoms with Gasteiger partial charge in [-0.1, -0.05) is 0 Å². The number of phenols is 2. The number of benzene rings is 2. The van der Waals surface area contributed by atoms with E-state index >= 15 is 0 Å². The molecule has 1 heterocycles. The van der Waals surface area contributed by atoms with Gasteiger partial charge in [0.2, 0.25) is 0 Å². The molecular formula is C17H14N2O2. The zero-order chi connectivity index (χ0) is 14.6. The second kappa shape index (κ2) is 4.12. The maximum atomic E-state index is 9.63. The summed E-state index contributed by atoms with van der Waals surface area (Å²) in [7, 11) is 1.93. The van der Waals surface area contributed by atoms with Crippen LogP contribution in [0.25, 0.3) is 22.5 Å². The average Bonchev–Trinajstić information content (AvgIpc) is 2.94. The predicted octanol–water partition coefficient (Wildman–Crippen LogP) is 3.07. The van der Waals surface area contributed by atoms with E-state index in [2.05, 4.69) is 5.10 Å². The van der Waals surface area contributed by atoms with Crippen LogP contribution in [-0.2, 0) is 13.5 Å². The van der Waals surface area contributed by atoms with Crippen molar-refractivity contribution in [1.82, 2.24) is 9.78 Å². The van der Waals surface area contributed by atoms with Crippen molar-refractivity contribution in [2.24, 2.45) is 7.05 Å². The molecule has 1 aromatic heterocycles. The van der Waals surface area contributed by atoms with Gasteiger partial charge in [0.05, 0.1) is 11.4 Å². The number of rotatable bonds is 1. The van der Waals surface area contributed by atoms with Crippen LogP contribution in [0.4, 0.5) is 0 Å². The van der Waals surface area contributed by atoms with Gasteiger partial charge in [-0.2, -0.15) is 5.10 Å². The Hall–Kier alpha value is -2.75. The summed E-state index contributed by atoms with van der Waals surface area (Å²) in [6, 6.07) is 12.6. The summed E-state index contributed by atoms with van der Waals surface area (Å²) in [6.07, 6.45) is 0.767. The molecule has 1 aliphatic rings. The van der Waals surface area contributed by atoms with Crippen molar-refractivity contribution in [3.05, 3.63) is 53.6 Å². The van der Waals surface area contributed by atoms with Crippen molar-refractivity contribution in [2.45, 2.75) is 6.42 Å². The molecule has 3 aromatic rings. The van der Waals surface area contributed by atoms with Gasteiger partial charge in [0.25, 0.3) is 0 Å². The highest BCUT2D eigenvalue weighted by Crippen LogP contribution is 2.42. The molecule has 2 aromatic carbocycles. The summed E-state index contributed by atoms with van der Waals surface area (Å²) in [5, 5.41) is 23.7. The van der Waals surface area contributed by atoms with E-state index in [1.807, 2.05) is 29.9 Å². The van der Waals surface area contributed by atoms with Crippen molar-refractivity contribution in [1.29, 1.82) is 0 Å². The molecule has 104 valence electrons. The van der Waals surface area contributed by atoms with Crippen molar-refractivity contribution >= 4 is 0 Å². The van der Waals surface area contributed by atoms with Gasteiger partial charge >= 0.3 is 0 Å². The number of aromatic hydroxyl groups is 2. The van der Waals surface area contributed by atoms with Crippen LogP contribution in [0.2, 0.25) is 0 Å². The van der Waals surface area contributed by atoms with Crippen LogP contribution in [0.15, 0.2) is 42.5 Å². The molecule has 0 radical (unpaired) electrons. The van der Waals surface area contributed by atoms with E-state index < -0.39 is 0 Å². The lowest BCUT2D eigenvalue weighted by Crippen LogP contribution is -1.97. The summed E-state index contributed by atoms with van der Waals surface area (Å²) < 4.78 is 1.88. The molecule has 0 fully saturated rings. The minimum absolute atomic E-state index is 0.255. The Morgan fingerprint density at radius 3 is 2.48 bits per heavy atom. The van der Waals surface area contributed by atoms with E-state index in [0.29, 0.717) is 0 Å². The van der Waals surface area contributed by atoms with Crippen LogP contribution in [0.1, 0.15) is 11.1 Å². The molecule has 21 heavy (non-hydrogen) atoms. The topological polar surface area (TPSA) is 58.3 Å². The predicted molar refractivity (Wildman–Crippen MR) is 80.2 cm³/mol. The molecule has 0 bridgehead atoms. The monoisotopic (exact) mass is 278 g/mol. The standard InChI is InChI=1S/C17H14N2O2/c1-19-17(10-2-4-12(20)5-3-10)15-9-11-8-13(21)6-7-14(11)16(15)18-19/h2-8,20-21H,9H2,1H3. The van der Waals surface area contributed by atoms with Gasteiger partial charge < -0.3 is 10.2 Å². The van der Waals surface area contributed by atoms with E-state index in [0.717, 1.165) is 34.5 Å². The molecule has 2 N–H and O–H groups in total. The van der Waals surface area contributed by atoms with Gasteiger partial charge in [-0.05, 0) is 48.0 Å². The molecule has 1 aliphatic carbocycles. The van der Waals surface area contributed by atoms with Crippen LogP contribution in [-0.4, -0.2) is 20.0 Å². The van der Waals surface area contributed by atoms with Crippen molar-refractivity contribution < 1.29 is 10.2 Å². The fourth-order valence-electron chi connectivity index (χ4n) is 3.08. The fraction of sp³-hybridized carbons (Fsp3) is 0.118. The Balaban J connectivity index is 1.90. The highest BCUT2D eigenvalue weighted by molar-refractivity contribution is 5.81. The van der Waals surface area contributed by atoms with E-state index in [-0.39, 0.29) is 11.5 Å². The first-order valence-corrected chi connectivity index (χ1v) is 6.81. The summed E-state index contributed by atoms with van der Waals surface area (Å²) in [4.78, 5) is 0. The first kappa shape index (κ1) is 12.0. The molecule has 0 aliphatic heterocycles. The number of fused-ring (bicyclic) bond motifs is 3. The zero-order valence-electron chi connectivity index (χ0n) is 11.5. The molecule has 4 nitrogen and oxygen atoms in total. The van der Waals surface area contributed by atoms with Crippen molar-refractivity contribution in [2.75, 3.05) is 0 Å². The van der Waals surface area contributed by atoms with E-state index in [9.17, 15) is 10.2 Å². The van der Waals surface area contributed by atoms with Gasteiger partial charge in [0, 0.05) is 30.2 Å². The number of phenolic OH excluding ortho intramolecular Hbond substituents is 2. The summed E-state index contributed by atoms with van der Waals surface area (Å²) in [6.45, 7) is 0. The molecule has 0 unspecified atom stereocenters. The van der Waals surface area contributed by atoms with Crippen LogP contribution >= 0.6 is 0 Å². The Kier molecular flexibility index (Phi) is 2.36. The second-order valence-corrected chi connectivity index (χ2v) is 5.36. The molecule has 0 atom stereocenters. The Morgan fingerprint density at radius 1 is 1.00 bits per heavy atom. The van der Waals surface area contributed by atoms with E-state index in [1.54, 1.807) is 24.3 Å². The van der Waals surface area contributed by atoms with Gasteiger partial charge in [0.15, 0.2) is 0 Å². The summed E-state index contributed by atoms with van der Waals surface area (Å²) in [5.74, 6) is 0.542. The molecule has 0 saturated carbocycles. The number of nitrogens with zero attached hydrogens (tertiary/aromatic N) is 2. The molecule has 0 amide bonds. The number of aromatic nitrogens is 2. The maximum Gasteiger partial charge on any atom is 0.115 e. The number of hydrogen-bond acceptors (Lipinski definition) is 3. The molecule has 4 heteroatoms.